The van der Waals surface area contributed by atoms with Crippen LogP contribution in [0.4, 0.5) is 0 Å². The first kappa shape index (κ1) is 21.5. The van der Waals surface area contributed by atoms with E-state index in [0.717, 1.165) is 17.9 Å². The molecule has 0 bridgehead atoms. The number of rotatable bonds is 6. The molecule has 1 aliphatic rings. The minimum atomic E-state index is -0.502. The van der Waals surface area contributed by atoms with Gasteiger partial charge in [-0.2, -0.15) is 0 Å². The number of nitrogens with zero attached hydrogens (tertiary/aromatic N) is 1. The molecule has 1 aliphatic heterocycles. The fraction of sp³-hybridized carbons (Fsp3) is 0.300. The molecule has 1 saturated heterocycles. The third kappa shape index (κ3) is 4.94. The molecule has 1 atom stereocenters. The van der Waals surface area contributed by atoms with Crippen LogP contribution in [-0.2, 0) is 4.79 Å². The van der Waals surface area contributed by atoms with E-state index in [1.807, 2.05) is 29.2 Å². The highest BCUT2D eigenvalue weighted by atomic mass is 35.5. The van der Waals surface area contributed by atoms with Crippen molar-refractivity contribution in [3.05, 3.63) is 59.7 Å². The molecule has 150 valence electrons. The van der Waals surface area contributed by atoms with Gasteiger partial charge in [0.2, 0.25) is 5.91 Å². The van der Waals surface area contributed by atoms with E-state index >= 15 is 0 Å². The molecule has 2 aromatic carbocycles. The van der Waals surface area contributed by atoms with E-state index in [4.69, 9.17) is 15.2 Å². The highest BCUT2D eigenvalue weighted by Crippen LogP contribution is 2.30. The maximum atomic E-state index is 12.8. The smallest absolute Gasteiger partial charge is 0.261 e. The van der Waals surface area contributed by atoms with Crippen LogP contribution in [0, 0.1) is 0 Å². The van der Waals surface area contributed by atoms with Crippen molar-refractivity contribution in [2.45, 2.75) is 6.04 Å². The highest BCUT2D eigenvalue weighted by Gasteiger charge is 2.29. The van der Waals surface area contributed by atoms with Gasteiger partial charge in [-0.15, -0.1) is 12.4 Å². The van der Waals surface area contributed by atoms with Crippen LogP contribution in [0.5, 0.6) is 11.5 Å². The number of hydrogen-bond acceptors (Lipinski definition) is 5. The van der Waals surface area contributed by atoms with Crippen molar-refractivity contribution in [2.75, 3.05) is 33.4 Å². The molecule has 2 aromatic rings. The van der Waals surface area contributed by atoms with E-state index in [-0.39, 0.29) is 31.0 Å². The number of hydrogen-bond donors (Lipinski definition) is 2. The number of nitrogens with one attached hydrogen (secondary N) is 1. The number of carbonyl (C=O) groups is 2. The van der Waals surface area contributed by atoms with E-state index in [0.29, 0.717) is 24.4 Å². The Morgan fingerprint density at radius 1 is 1.18 bits per heavy atom. The number of piperazine rings is 1. The van der Waals surface area contributed by atoms with Crippen molar-refractivity contribution in [3.8, 4) is 11.5 Å². The van der Waals surface area contributed by atoms with Gasteiger partial charge in [0.25, 0.3) is 5.91 Å². The maximum absolute atomic E-state index is 12.8. The molecule has 2 amide bonds. The molecule has 3 rings (SSSR count). The second-order valence-electron chi connectivity index (χ2n) is 6.23. The summed E-state index contributed by atoms with van der Waals surface area (Å²) in [7, 11) is 1.63. The summed E-state index contributed by atoms with van der Waals surface area (Å²) in [6, 6.07) is 14.0. The zero-order valence-corrected chi connectivity index (χ0v) is 16.4. The summed E-state index contributed by atoms with van der Waals surface area (Å²) in [5.41, 5.74) is 6.58. The Kier molecular flexibility index (Phi) is 7.66. The van der Waals surface area contributed by atoms with Crippen molar-refractivity contribution < 1.29 is 19.1 Å². The molecule has 0 radical (unpaired) electrons. The van der Waals surface area contributed by atoms with Gasteiger partial charge in [0.1, 0.15) is 11.5 Å². The molecule has 0 spiro atoms. The zero-order valence-electron chi connectivity index (χ0n) is 15.6. The molecular weight excluding hydrogens is 382 g/mol. The van der Waals surface area contributed by atoms with Gasteiger partial charge in [0.05, 0.1) is 13.2 Å². The second kappa shape index (κ2) is 9.96. The fourth-order valence-electron chi connectivity index (χ4n) is 3.17. The Bertz CT molecular complexity index is 813. The van der Waals surface area contributed by atoms with Crippen LogP contribution in [0.15, 0.2) is 48.5 Å². The number of carbonyl (C=O) groups excluding carboxylic acids is 2. The van der Waals surface area contributed by atoms with Crippen molar-refractivity contribution >= 4 is 24.2 Å². The van der Waals surface area contributed by atoms with Gasteiger partial charge in [-0.05, 0) is 30.3 Å². The topological polar surface area (TPSA) is 93.9 Å². The summed E-state index contributed by atoms with van der Waals surface area (Å²) in [6.45, 7) is 1.89. The lowest BCUT2D eigenvalue weighted by Gasteiger charge is -2.37. The first-order chi connectivity index (χ1) is 13.1. The number of para-hydroxylation sites is 1. The van der Waals surface area contributed by atoms with Gasteiger partial charge < -0.3 is 25.4 Å². The Morgan fingerprint density at radius 2 is 1.89 bits per heavy atom. The van der Waals surface area contributed by atoms with Crippen LogP contribution in [-0.4, -0.2) is 50.1 Å². The summed E-state index contributed by atoms with van der Waals surface area (Å²) in [4.78, 5) is 25.7. The molecule has 7 nitrogen and oxygen atoms in total. The minimum Gasteiger partial charge on any atom is -0.496 e. The van der Waals surface area contributed by atoms with E-state index in [2.05, 4.69) is 5.32 Å². The number of amides is 2. The molecule has 3 N–H and O–H groups in total. The molecular formula is C20H24ClN3O4. The van der Waals surface area contributed by atoms with Gasteiger partial charge in [0.15, 0.2) is 6.61 Å². The number of ether oxygens (including phenoxy) is 2. The first-order valence-electron chi connectivity index (χ1n) is 8.76. The lowest BCUT2D eigenvalue weighted by Crippen LogP contribution is -2.50. The molecule has 8 heteroatoms. The second-order valence-corrected chi connectivity index (χ2v) is 6.23. The predicted octanol–water partition coefficient (Wildman–Crippen LogP) is 1.77. The van der Waals surface area contributed by atoms with Gasteiger partial charge >= 0.3 is 0 Å². The minimum absolute atomic E-state index is 0. The summed E-state index contributed by atoms with van der Waals surface area (Å²) >= 11 is 0. The van der Waals surface area contributed by atoms with Crippen LogP contribution in [0.3, 0.4) is 0 Å². The summed E-state index contributed by atoms with van der Waals surface area (Å²) in [5.74, 6) is 0.661. The van der Waals surface area contributed by atoms with E-state index in [9.17, 15) is 9.59 Å². The molecule has 1 unspecified atom stereocenters. The summed E-state index contributed by atoms with van der Waals surface area (Å²) < 4.78 is 11.1. The Balaban J connectivity index is 0.00000280. The zero-order chi connectivity index (χ0) is 19.2. The molecule has 0 aromatic heterocycles. The van der Waals surface area contributed by atoms with Crippen molar-refractivity contribution in [1.82, 2.24) is 10.2 Å². The molecule has 1 heterocycles. The number of nitrogens with two attached hydrogens (primary N) is 1. The Morgan fingerprint density at radius 3 is 2.57 bits per heavy atom. The van der Waals surface area contributed by atoms with Crippen LogP contribution >= 0.6 is 12.4 Å². The third-order valence-electron chi connectivity index (χ3n) is 4.56. The number of methoxy groups -OCH3 is 1. The lowest BCUT2D eigenvalue weighted by molar-refractivity contribution is -0.136. The van der Waals surface area contributed by atoms with Crippen molar-refractivity contribution in [2.24, 2.45) is 5.73 Å². The van der Waals surface area contributed by atoms with Crippen LogP contribution in [0.1, 0.15) is 22.0 Å². The average molecular weight is 406 g/mol. The van der Waals surface area contributed by atoms with E-state index in [1.165, 1.54) is 0 Å². The average Bonchev–Trinajstić information content (AvgIpc) is 2.72. The third-order valence-corrected chi connectivity index (χ3v) is 4.56. The summed E-state index contributed by atoms with van der Waals surface area (Å²) in [6.07, 6.45) is 0. The Hall–Kier alpha value is -2.77. The Labute approximate surface area is 170 Å². The van der Waals surface area contributed by atoms with Gasteiger partial charge in [-0.3, -0.25) is 9.59 Å². The number of primary amides is 1. The largest absolute Gasteiger partial charge is 0.496 e. The van der Waals surface area contributed by atoms with Crippen molar-refractivity contribution in [3.63, 3.8) is 0 Å². The normalized spacial score (nSPS) is 16.0. The molecule has 28 heavy (non-hydrogen) atoms. The molecule has 0 aliphatic carbocycles. The van der Waals surface area contributed by atoms with Crippen LogP contribution in [0.25, 0.3) is 0 Å². The van der Waals surface area contributed by atoms with Gasteiger partial charge in [-0.25, -0.2) is 0 Å². The van der Waals surface area contributed by atoms with E-state index < -0.39 is 5.91 Å². The number of halogens is 1. The monoisotopic (exact) mass is 405 g/mol. The van der Waals surface area contributed by atoms with Crippen LogP contribution in [0.2, 0.25) is 0 Å². The lowest BCUT2D eigenvalue weighted by atomic mass is 10.0. The summed E-state index contributed by atoms with van der Waals surface area (Å²) in [5, 5.41) is 3.33. The van der Waals surface area contributed by atoms with Crippen LogP contribution < -0.4 is 20.5 Å². The fourth-order valence-corrected chi connectivity index (χ4v) is 3.17. The number of benzene rings is 2. The van der Waals surface area contributed by atoms with Crippen molar-refractivity contribution in [1.29, 1.82) is 0 Å². The molecule has 1 fully saturated rings. The van der Waals surface area contributed by atoms with E-state index in [1.54, 1.807) is 31.4 Å². The predicted molar refractivity (Wildman–Crippen MR) is 108 cm³/mol. The first-order valence-corrected chi connectivity index (χ1v) is 8.76. The quantitative estimate of drug-likeness (QED) is 0.763. The molecule has 0 saturated carbocycles. The standard InChI is InChI=1S/C20H23N3O4.ClH/c1-26-18-5-3-2-4-16(18)17-12-22-10-11-23(17)19(24)13-27-15-8-6-14(7-9-15)20(21)25;/h2-9,17,22H,10-13H2,1H3,(H2,21,25);1H. The maximum Gasteiger partial charge on any atom is 0.261 e. The SMILES string of the molecule is COc1ccccc1C1CNCCN1C(=O)COc1ccc(C(N)=O)cc1.Cl. The van der Waals surface area contributed by atoms with Gasteiger partial charge in [-0.1, -0.05) is 18.2 Å². The highest BCUT2D eigenvalue weighted by molar-refractivity contribution is 5.92. The van der Waals surface area contributed by atoms with Gasteiger partial charge in [0, 0.05) is 30.8 Å².